The van der Waals surface area contributed by atoms with Gasteiger partial charge in [0.2, 0.25) is 0 Å². The first-order valence-corrected chi connectivity index (χ1v) is 9.96. The third kappa shape index (κ3) is 13.8. The number of carbonyl (C=O) groups excluding carboxylic acids is 5. The molecule has 0 aromatic carbocycles. The van der Waals surface area contributed by atoms with E-state index in [0.29, 0.717) is 0 Å². The molecule has 0 spiro atoms. The summed E-state index contributed by atoms with van der Waals surface area (Å²) in [6, 6.07) is 0. The van der Waals surface area contributed by atoms with Gasteiger partial charge in [-0.05, 0) is 26.3 Å². The van der Waals surface area contributed by atoms with E-state index in [2.05, 4.69) is 10.0 Å². The van der Waals surface area contributed by atoms with Crippen molar-refractivity contribution < 1.29 is 52.5 Å². The van der Waals surface area contributed by atoms with Crippen LogP contribution in [0.2, 0.25) is 0 Å². The zero-order chi connectivity index (χ0) is 26.5. The van der Waals surface area contributed by atoms with E-state index in [1.54, 1.807) is 20.8 Å². The number of hydrogen-bond donors (Lipinski definition) is 1. The smallest absolute Gasteiger partial charge is 0.431 e. The normalized spacial score (nSPS) is 14.2. The molecule has 0 aliphatic heterocycles. The van der Waals surface area contributed by atoms with Crippen LogP contribution in [0.1, 0.15) is 48.5 Å². The molecule has 0 aromatic rings. The van der Waals surface area contributed by atoms with E-state index in [9.17, 15) is 24.0 Å². The summed E-state index contributed by atoms with van der Waals surface area (Å²) in [5.41, 5.74) is 9.80. The maximum atomic E-state index is 11.8. The average Bonchev–Trinajstić information content (AvgIpc) is 2.64. The minimum atomic E-state index is -1.61. The first kappa shape index (κ1) is 30.4. The van der Waals surface area contributed by atoms with Gasteiger partial charge < -0.3 is 23.7 Å². The zero-order valence-electron chi connectivity index (χ0n) is 20.1. The molecule has 0 fully saturated rings. The molecule has 0 aliphatic rings. The Kier molecular flexibility index (Phi) is 13.0. The second-order valence-electron chi connectivity index (χ2n) is 7.77. The standard InChI is InChI=1S/C19H30N4O11/c1-10(24)30-14(8-21-23-20)16(32-12(3)26)17(33-13(4)27)15(31-11(2)25)9-29-22-18(28)34-19(5,6)7/h14-17H,8-9H2,1-7H3,(H,22,28)/t14-,15-,16-,17-/m1/s1. The molecule has 192 valence electrons. The molecule has 0 aliphatic carbocycles. The molecule has 0 aromatic heterocycles. The third-order valence-corrected chi connectivity index (χ3v) is 3.42. The van der Waals surface area contributed by atoms with Gasteiger partial charge in [0.1, 0.15) is 18.3 Å². The van der Waals surface area contributed by atoms with Crippen LogP contribution >= 0.6 is 0 Å². The van der Waals surface area contributed by atoms with Crippen LogP contribution in [0, 0.1) is 0 Å². The lowest BCUT2D eigenvalue weighted by Gasteiger charge is -2.35. The number of carbonyl (C=O) groups is 5. The van der Waals surface area contributed by atoms with Crippen molar-refractivity contribution >= 4 is 30.0 Å². The van der Waals surface area contributed by atoms with Gasteiger partial charge in [0.05, 0.1) is 6.54 Å². The number of esters is 4. The highest BCUT2D eigenvalue weighted by Crippen LogP contribution is 2.20. The van der Waals surface area contributed by atoms with Crippen LogP contribution in [0.25, 0.3) is 10.4 Å². The zero-order valence-corrected chi connectivity index (χ0v) is 20.1. The lowest BCUT2D eigenvalue weighted by Crippen LogP contribution is -2.54. The summed E-state index contributed by atoms with van der Waals surface area (Å²) in [5.74, 6) is -3.44. The molecule has 15 heteroatoms. The second kappa shape index (κ2) is 14.5. The first-order valence-electron chi connectivity index (χ1n) is 9.96. The Bertz CT molecular complexity index is 786. The quantitative estimate of drug-likeness (QED) is 0.104. The fraction of sp³-hybridized carbons (Fsp3) is 0.737. The van der Waals surface area contributed by atoms with Crippen LogP contribution in [0.15, 0.2) is 5.11 Å². The molecular weight excluding hydrogens is 460 g/mol. The highest BCUT2D eigenvalue weighted by atomic mass is 16.7. The largest absolute Gasteiger partial charge is 0.458 e. The maximum absolute atomic E-state index is 11.8. The van der Waals surface area contributed by atoms with E-state index in [-0.39, 0.29) is 0 Å². The van der Waals surface area contributed by atoms with Crippen molar-refractivity contribution in [3.05, 3.63) is 10.4 Å². The van der Waals surface area contributed by atoms with Gasteiger partial charge in [-0.1, -0.05) is 5.11 Å². The Hall–Kier alpha value is -3.58. The van der Waals surface area contributed by atoms with Crippen LogP contribution in [0.3, 0.4) is 0 Å². The van der Waals surface area contributed by atoms with E-state index in [0.717, 1.165) is 27.7 Å². The van der Waals surface area contributed by atoms with Crippen LogP contribution in [-0.2, 0) is 47.7 Å². The van der Waals surface area contributed by atoms with E-state index in [1.165, 1.54) is 0 Å². The molecule has 0 heterocycles. The topological polar surface area (TPSA) is 202 Å². The van der Waals surface area contributed by atoms with Crippen molar-refractivity contribution in [1.82, 2.24) is 5.48 Å². The van der Waals surface area contributed by atoms with Crippen molar-refractivity contribution in [1.29, 1.82) is 0 Å². The Labute approximate surface area is 195 Å². The Morgan fingerprint density at radius 2 is 1.26 bits per heavy atom. The van der Waals surface area contributed by atoms with Gasteiger partial charge in [-0.2, -0.15) is 5.48 Å². The van der Waals surface area contributed by atoms with Gasteiger partial charge in [0.15, 0.2) is 18.3 Å². The number of hydrogen-bond acceptors (Lipinski definition) is 12. The highest BCUT2D eigenvalue weighted by Gasteiger charge is 2.43. The lowest BCUT2D eigenvalue weighted by atomic mass is 10.0. The Morgan fingerprint density at radius 3 is 1.68 bits per heavy atom. The fourth-order valence-corrected chi connectivity index (χ4v) is 2.52. The summed E-state index contributed by atoms with van der Waals surface area (Å²) in [5, 5.41) is 3.31. The van der Waals surface area contributed by atoms with Crippen LogP contribution in [-0.4, -0.2) is 73.1 Å². The number of amides is 1. The second-order valence-corrected chi connectivity index (χ2v) is 7.77. The number of azide groups is 1. The van der Waals surface area contributed by atoms with E-state index >= 15 is 0 Å². The summed E-state index contributed by atoms with van der Waals surface area (Å²) in [6.45, 7) is 7.87. The SMILES string of the molecule is CC(=O)O[C@@H]([C@H](OC(C)=O)[C@@H](CONC(=O)OC(C)(C)C)OC(C)=O)[C@@H](CN=[N+]=[N-])OC(C)=O. The molecule has 1 N–H and O–H groups in total. The number of ether oxygens (including phenoxy) is 5. The number of nitrogens with one attached hydrogen (secondary N) is 1. The molecule has 15 nitrogen and oxygen atoms in total. The molecule has 0 bridgehead atoms. The van der Waals surface area contributed by atoms with E-state index in [4.69, 9.17) is 34.1 Å². The summed E-state index contributed by atoms with van der Waals surface area (Å²) >= 11 is 0. The number of hydroxylamine groups is 1. The van der Waals surface area contributed by atoms with Gasteiger partial charge in [0, 0.05) is 32.6 Å². The summed E-state index contributed by atoms with van der Waals surface area (Å²) in [7, 11) is 0. The monoisotopic (exact) mass is 490 g/mol. The molecule has 0 rings (SSSR count). The lowest BCUT2D eigenvalue weighted by molar-refractivity contribution is -0.203. The van der Waals surface area contributed by atoms with Crippen LogP contribution in [0.5, 0.6) is 0 Å². The predicted molar refractivity (Wildman–Crippen MR) is 112 cm³/mol. The molecule has 34 heavy (non-hydrogen) atoms. The third-order valence-electron chi connectivity index (χ3n) is 3.42. The highest BCUT2D eigenvalue weighted by molar-refractivity contribution is 5.69. The number of rotatable bonds is 12. The van der Waals surface area contributed by atoms with Crippen molar-refractivity contribution in [2.24, 2.45) is 5.11 Å². The molecular formula is C19H30N4O11. The molecule has 0 unspecified atom stereocenters. The van der Waals surface area contributed by atoms with Gasteiger partial charge >= 0.3 is 30.0 Å². The molecule has 0 saturated carbocycles. The van der Waals surface area contributed by atoms with Gasteiger partial charge in [-0.3, -0.25) is 24.0 Å². The van der Waals surface area contributed by atoms with E-state index in [1.807, 2.05) is 5.48 Å². The van der Waals surface area contributed by atoms with Crippen molar-refractivity contribution in [2.45, 2.75) is 78.5 Å². The first-order chi connectivity index (χ1) is 15.7. The number of nitrogens with zero attached hydrogens (tertiary/aromatic N) is 3. The fourth-order valence-electron chi connectivity index (χ4n) is 2.52. The summed E-state index contributed by atoms with van der Waals surface area (Å²) in [6.07, 6.45) is -7.08. The molecule has 4 atom stereocenters. The van der Waals surface area contributed by atoms with E-state index < -0.39 is 73.1 Å². The summed E-state index contributed by atoms with van der Waals surface area (Å²) < 4.78 is 25.7. The minimum absolute atomic E-state index is 0.518. The molecule has 0 radical (unpaired) electrons. The van der Waals surface area contributed by atoms with Crippen LogP contribution in [0.4, 0.5) is 4.79 Å². The van der Waals surface area contributed by atoms with Crippen LogP contribution < -0.4 is 5.48 Å². The molecule has 1 amide bonds. The van der Waals surface area contributed by atoms with Gasteiger partial charge in [0.25, 0.3) is 0 Å². The Balaban J connectivity index is 6.06. The minimum Gasteiger partial charge on any atom is -0.458 e. The summed E-state index contributed by atoms with van der Waals surface area (Å²) in [4.78, 5) is 66.3. The maximum Gasteiger partial charge on any atom is 0.431 e. The molecule has 0 saturated heterocycles. The van der Waals surface area contributed by atoms with Crippen molar-refractivity contribution in [3.63, 3.8) is 0 Å². The predicted octanol–water partition coefficient (Wildman–Crippen LogP) is 1.48. The van der Waals surface area contributed by atoms with Crippen molar-refractivity contribution in [3.8, 4) is 0 Å². The van der Waals surface area contributed by atoms with Gasteiger partial charge in [-0.25, -0.2) is 4.79 Å². The average molecular weight is 490 g/mol. The Morgan fingerprint density at radius 1 is 0.824 bits per heavy atom. The van der Waals surface area contributed by atoms with Crippen molar-refractivity contribution in [2.75, 3.05) is 13.2 Å². The van der Waals surface area contributed by atoms with Gasteiger partial charge in [-0.15, -0.1) is 0 Å².